The van der Waals surface area contributed by atoms with Crippen molar-refractivity contribution in [1.82, 2.24) is 10.6 Å². The molecule has 0 fully saturated rings. The van der Waals surface area contributed by atoms with Gasteiger partial charge in [0.1, 0.15) is 6.04 Å². The van der Waals surface area contributed by atoms with E-state index in [9.17, 15) is 19.2 Å². The standard InChI is InChI=1S/C25H44N6O6Si/c1-15(2)20(37-24(28)35)22(33)31-19(9-8-12-29-23(27)34)21(32)30-17-11-10-16(18(26)13-17)14-36-38(6,7)25(3,4)5/h10-11,13,15,19-20H,8-9,12,14,26H2,1-7H3,(H2,28,35)(H,30,32)(H,31,33)(H3,27,29,34). The van der Waals surface area contributed by atoms with E-state index >= 15 is 0 Å². The molecule has 0 aliphatic carbocycles. The summed E-state index contributed by atoms with van der Waals surface area (Å²) in [6.07, 6.45) is -1.76. The van der Waals surface area contributed by atoms with Gasteiger partial charge in [-0.2, -0.15) is 0 Å². The Bertz CT molecular complexity index is 995. The molecule has 0 aromatic heterocycles. The number of hydrogen-bond donors (Lipinski definition) is 6. The zero-order valence-corrected chi connectivity index (χ0v) is 24.5. The molecule has 2 unspecified atom stereocenters. The van der Waals surface area contributed by atoms with E-state index in [1.807, 2.05) is 0 Å². The van der Waals surface area contributed by atoms with Crippen LogP contribution in [0.3, 0.4) is 0 Å². The van der Waals surface area contributed by atoms with Crippen molar-refractivity contribution in [1.29, 1.82) is 0 Å². The monoisotopic (exact) mass is 552 g/mol. The maximum absolute atomic E-state index is 13.1. The van der Waals surface area contributed by atoms with Crippen LogP contribution in [0.4, 0.5) is 21.0 Å². The Morgan fingerprint density at radius 1 is 1.05 bits per heavy atom. The van der Waals surface area contributed by atoms with Crippen LogP contribution < -0.4 is 33.2 Å². The minimum atomic E-state index is -1.97. The fourth-order valence-corrected chi connectivity index (χ4v) is 4.12. The predicted octanol–water partition coefficient (Wildman–Crippen LogP) is 2.78. The van der Waals surface area contributed by atoms with Gasteiger partial charge in [0.15, 0.2) is 14.4 Å². The summed E-state index contributed by atoms with van der Waals surface area (Å²) in [5.74, 6) is -1.56. The highest BCUT2D eigenvalue weighted by atomic mass is 28.4. The number of hydrogen-bond acceptors (Lipinski definition) is 7. The molecule has 0 aliphatic rings. The molecule has 0 heterocycles. The first-order valence-corrected chi connectivity index (χ1v) is 15.5. The lowest BCUT2D eigenvalue weighted by atomic mass is 10.0. The largest absolute Gasteiger partial charge is 0.436 e. The van der Waals surface area contributed by atoms with Crippen LogP contribution >= 0.6 is 0 Å². The number of anilines is 2. The smallest absolute Gasteiger partial charge is 0.405 e. The van der Waals surface area contributed by atoms with Crippen LogP contribution in [0.15, 0.2) is 18.2 Å². The number of urea groups is 1. The van der Waals surface area contributed by atoms with Gasteiger partial charge in [-0.05, 0) is 54.6 Å². The van der Waals surface area contributed by atoms with Gasteiger partial charge in [-0.15, -0.1) is 0 Å². The van der Waals surface area contributed by atoms with Gasteiger partial charge in [-0.25, -0.2) is 9.59 Å². The summed E-state index contributed by atoms with van der Waals surface area (Å²) in [6, 6.07) is 3.43. The molecule has 0 bridgehead atoms. The lowest BCUT2D eigenvalue weighted by Gasteiger charge is -2.36. The van der Waals surface area contributed by atoms with Crippen LogP contribution in [0.2, 0.25) is 18.1 Å². The summed E-state index contributed by atoms with van der Waals surface area (Å²) in [7, 11) is -1.97. The van der Waals surface area contributed by atoms with Crippen LogP contribution in [-0.4, -0.2) is 50.9 Å². The summed E-state index contributed by atoms with van der Waals surface area (Å²) >= 11 is 0. The number of amides is 5. The van der Waals surface area contributed by atoms with Crippen molar-refractivity contribution in [2.75, 3.05) is 17.6 Å². The van der Waals surface area contributed by atoms with Crippen molar-refractivity contribution in [2.24, 2.45) is 17.4 Å². The van der Waals surface area contributed by atoms with E-state index in [0.29, 0.717) is 24.4 Å². The molecule has 2 atom stereocenters. The first-order chi connectivity index (χ1) is 17.4. The Hall–Kier alpha value is -3.32. The highest BCUT2D eigenvalue weighted by molar-refractivity contribution is 6.74. The van der Waals surface area contributed by atoms with Gasteiger partial charge in [0, 0.05) is 17.9 Å². The van der Waals surface area contributed by atoms with Crippen molar-refractivity contribution >= 4 is 43.6 Å². The number of nitrogen functional groups attached to an aromatic ring is 1. The second-order valence-corrected chi connectivity index (χ2v) is 15.9. The molecule has 1 rings (SSSR count). The molecule has 5 amide bonds. The van der Waals surface area contributed by atoms with Crippen LogP contribution in [-0.2, 0) is 25.4 Å². The predicted molar refractivity (Wildman–Crippen MR) is 150 cm³/mol. The van der Waals surface area contributed by atoms with Crippen LogP contribution in [0.25, 0.3) is 0 Å². The van der Waals surface area contributed by atoms with Crippen LogP contribution in [0, 0.1) is 5.92 Å². The minimum Gasteiger partial charge on any atom is -0.436 e. The van der Waals surface area contributed by atoms with Gasteiger partial charge in [-0.3, -0.25) is 9.59 Å². The topological polar surface area (TPSA) is 201 Å². The number of rotatable bonds is 13. The Morgan fingerprint density at radius 2 is 1.68 bits per heavy atom. The van der Waals surface area contributed by atoms with Gasteiger partial charge in [-0.1, -0.05) is 40.7 Å². The highest BCUT2D eigenvalue weighted by Gasteiger charge is 2.37. The summed E-state index contributed by atoms with van der Waals surface area (Å²) in [5, 5.41) is 7.87. The molecule has 0 spiro atoms. The number of benzene rings is 1. The lowest BCUT2D eigenvalue weighted by molar-refractivity contribution is -0.134. The fraction of sp³-hybridized carbons (Fsp3) is 0.600. The van der Waals surface area contributed by atoms with Crippen molar-refractivity contribution in [3.8, 4) is 0 Å². The van der Waals surface area contributed by atoms with Crippen molar-refractivity contribution in [2.45, 2.75) is 84.3 Å². The SMILES string of the molecule is CC(C)C(OC(N)=O)C(=O)NC(CCCNC(N)=O)C(=O)Nc1ccc(CO[Si](C)(C)C(C)(C)C)c(N)c1. The highest BCUT2D eigenvalue weighted by Crippen LogP contribution is 2.37. The van der Waals surface area contributed by atoms with Gasteiger partial charge in [0.05, 0.1) is 6.61 Å². The van der Waals surface area contributed by atoms with E-state index in [1.54, 1.807) is 32.0 Å². The van der Waals surface area contributed by atoms with Gasteiger partial charge >= 0.3 is 12.1 Å². The maximum atomic E-state index is 13.1. The van der Waals surface area contributed by atoms with E-state index in [-0.39, 0.29) is 23.9 Å². The van der Waals surface area contributed by atoms with Crippen LogP contribution in [0.1, 0.15) is 53.0 Å². The number of ether oxygens (including phenoxy) is 1. The third-order valence-electron chi connectivity index (χ3n) is 6.52. The number of carbonyl (C=O) groups is 4. The number of carbonyl (C=O) groups excluding carboxylic acids is 4. The molecule has 38 heavy (non-hydrogen) atoms. The quantitative estimate of drug-likeness (QED) is 0.123. The Balaban J connectivity index is 2.99. The zero-order chi connectivity index (χ0) is 29.3. The van der Waals surface area contributed by atoms with E-state index in [4.69, 9.17) is 26.4 Å². The van der Waals surface area contributed by atoms with Crippen LogP contribution in [0.5, 0.6) is 0 Å². The zero-order valence-electron chi connectivity index (χ0n) is 23.5. The Morgan fingerprint density at radius 3 is 2.18 bits per heavy atom. The third kappa shape index (κ3) is 10.6. The molecule has 12 nitrogen and oxygen atoms in total. The van der Waals surface area contributed by atoms with Crippen molar-refractivity contribution < 1.29 is 28.3 Å². The number of primary amides is 2. The van der Waals surface area contributed by atoms with Crippen molar-refractivity contribution in [3.05, 3.63) is 23.8 Å². The molecule has 13 heteroatoms. The van der Waals surface area contributed by atoms with E-state index in [2.05, 4.69) is 49.8 Å². The first kappa shape index (κ1) is 32.7. The van der Waals surface area contributed by atoms with E-state index in [1.165, 1.54) is 0 Å². The van der Waals surface area contributed by atoms with Crippen molar-refractivity contribution in [3.63, 3.8) is 0 Å². The summed E-state index contributed by atoms with van der Waals surface area (Å²) < 4.78 is 11.2. The van der Waals surface area contributed by atoms with E-state index < -0.39 is 44.4 Å². The molecule has 0 aliphatic heterocycles. The normalized spacial score (nSPS) is 13.4. The Kier molecular flexibility index (Phi) is 12.1. The molecular formula is C25H44N6O6Si. The van der Waals surface area contributed by atoms with Gasteiger partial charge < -0.3 is 42.3 Å². The number of nitrogens with one attached hydrogen (secondary N) is 3. The average Bonchev–Trinajstić information content (AvgIpc) is 2.77. The second-order valence-electron chi connectivity index (χ2n) is 11.0. The molecule has 214 valence electrons. The molecule has 0 saturated carbocycles. The molecule has 9 N–H and O–H groups in total. The summed E-state index contributed by atoms with van der Waals surface area (Å²) in [5.41, 5.74) is 18.1. The third-order valence-corrected chi connectivity index (χ3v) is 11.0. The minimum absolute atomic E-state index is 0.0547. The molecule has 1 aromatic carbocycles. The fourth-order valence-electron chi connectivity index (χ4n) is 3.17. The summed E-state index contributed by atoms with van der Waals surface area (Å²) in [4.78, 5) is 48.1. The maximum Gasteiger partial charge on any atom is 0.405 e. The van der Waals surface area contributed by atoms with E-state index in [0.717, 1.165) is 5.56 Å². The molecule has 0 saturated heterocycles. The average molecular weight is 553 g/mol. The lowest BCUT2D eigenvalue weighted by Crippen LogP contribution is -2.50. The Labute approximate surface area is 225 Å². The summed E-state index contributed by atoms with van der Waals surface area (Å²) in [6.45, 7) is 14.7. The first-order valence-electron chi connectivity index (χ1n) is 12.6. The second kappa shape index (κ2) is 14.0. The van der Waals surface area contributed by atoms with Gasteiger partial charge in [0.25, 0.3) is 5.91 Å². The number of nitrogens with two attached hydrogens (primary N) is 3. The molecule has 1 aromatic rings. The van der Waals surface area contributed by atoms with Gasteiger partial charge in [0.2, 0.25) is 5.91 Å². The molecular weight excluding hydrogens is 508 g/mol. The molecule has 0 radical (unpaired) electrons.